The van der Waals surface area contributed by atoms with E-state index < -0.39 is 0 Å². The van der Waals surface area contributed by atoms with Crippen molar-refractivity contribution in [1.29, 1.82) is 0 Å². The van der Waals surface area contributed by atoms with E-state index in [-0.39, 0.29) is 0 Å². The summed E-state index contributed by atoms with van der Waals surface area (Å²) in [5.41, 5.74) is 0. The zero-order chi connectivity index (χ0) is 14.3. The van der Waals surface area contributed by atoms with Crippen molar-refractivity contribution in [3.05, 3.63) is 0 Å². The fourth-order valence-corrected chi connectivity index (χ4v) is 2.95. The molecule has 0 aromatic carbocycles. The first-order valence-electron chi connectivity index (χ1n) is 9.21. The van der Waals surface area contributed by atoms with Crippen LogP contribution in [0.1, 0.15) is 103 Å². The molecule has 0 radical (unpaired) electrons. The molecule has 1 aliphatic rings. The minimum absolute atomic E-state index is 0.351. The molecule has 0 amide bonds. The zero-order valence-electron chi connectivity index (χ0n) is 13.7. The largest absolute Gasteiger partial charge is 0.236 e. The molecule has 0 N–H and O–H groups in total. The minimum Gasteiger partial charge on any atom is -0.236 e. The van der Waals surface area contributed by atoms with E-state index in [0.717, 1.165) is 13.0 Å². The summed E-state index contributed by atoms with van der Waals surface area (Å²) in [7, 11) is 0. The smallest absolute Gasteiger partial charge is 0.0930 e. The Balaban J connectivity index is 2.02. The summed E-state index contributed by atoms with van der Waals surface area (Å²) in [6.07, 6.45) is 20.3. The number of rotatable bonds is 8. The molecule has 0 bridgehead atoms. The number of hydrogen-bond acceptors (Lipinski definition) is 2. The lowest BCUT2D eigenvalue weighted by Crippen LogP contribution is -2.14. The standard InChI is InChI=1S/C18H36O2/c1-2-3-4-5-6-9-12-15-18-16-13-10-7-8-11-14-17-19-20-18/h18H,2-17H2,1H3. The van der Waals surface area contributed by atoms with Crippen molar-refractivity contribution in [1.82, 2.24) is 0 Å². The molecule has 2 nitrogen and oxygen atoms in total. The molecule has 1 atom stereocenters. The normalized spacial score (nSPS) is 22.4. The van der Waals surface area contributed by atoms with Crippen molar-refractivity contribution in [2.24, 2.45) is 0 Å². The van der Waals surface area contributed by atoms with Crippen LogP contribution in [0.4, 0.5) is 0 Å². The second-order valence-electron chi connectivity index (χ2n) is 6.36. The van der Waals surface area contributed by atoms with Gasteiger partial charge in [-0.1, -0.05) is 84.0 Å². The molecule has 1 fully saturated rings. The third kappa shape index (κ3) is 10.7. The van der Waals surface area contributed by atoms with Crippen molar-refractivity contribution in [2.45, 2.75) is 109 Å². The van der Waals surface area contributed by atoms with E-state index in [0.29, 0.717) is 6.10 Å². The van der Waals surface area contributed by atoms with E-state index in [2.05, 4.69) is 6.92 Å². The highest BCUT2D eigenvalue weighted by Crippen LogP contribution is 2.18. The summed E-state index contributed by atoms with van der Waals surface area (Å²) in [6.45, 7) is 3.06. The molecule has 1 heterocycles. The Kier molecular flexibility index (Phi) is 12.5. The van der Waals surface area contributed by atoms with Gasteiger partial charge < -0.3 is 0 Å². The Morgan fingerprint density at radius 3 is 2.20 bits per heavy atom. The first-order chi connectivity index (χ1) is 9.93. The van der Waals surface area contributed by atoms with Crippen LogP contribution in [-0.2, 0) is 9.78 Å². The Morgan fingerprint density at radius 1 is 0.750 bits per heavy atom. The van der Waals surface area contributed by atoms with Crippen molar-refractivity contribution in [3.63, 3.8) is 0 Å². The van der Waals surface area contributed by atoms with Gasteiger partial charge in [0, 0.05) is 0 Å². The van der Waals surface area contributed by atoms with E-state index in [1.807, 2.05) is 0 Å². The number of hydrogen-bond donors (Lipinski definition) is 0. The summed E-state index contributed by atoms with van der Waals surface area (Å²) < 4.78 is 0. The molecule has 0 aromatic heterocycles. The van der Waals surface area contributed by atoms with Crippen LogP contribution < -0.4 is 0 Å². The monoisotopic (exact) mass is 284 g/mol. The van der Waals surface area contributed by atoms with Gasteiger partial charge in [-0.25, -0.2) is 9.78 Å². The van der Waals surface area contributed by atoms with E-state index in [1.165, 1.54) is 89.9 Å². The fraction of sp³-hybridized carbons (Fsp3) is 1.00. The quantitative estimate of drug-likeness (QED) is 0.391. The van der Waals surface area contributed by atoms with Crippen LogP contribution in [0.15, 0.2) is 0 Å². The van der Waals surface area contributed by atoms with Crippen LogP contribution in [-0.4, -0.2) is 12.7 Å². The fourth-order valence-electron chi connectivity index (χ4n) is 2.95. The van der Waals surface area contributed by atoms with Gasteiger partial charge >= 0.3 is 0 Å². The molecular weight excluding hydrogens is 248 g/mol. The van der Waals surface area contributed by atoms with Gasteiger partial charge in [-0.3, -0.25) is 0 Å². The average Bonchev–Trinajstić information content (AvgIpc) is 2.52. The molecule has 0 aliphatic carbocycles. The molecule has 0 spiro atoms. The third-order valence-electron chi connectivity index (χ3n) is 4.34. The van der Waals surface area contributed by atoms with Crippen LogP contribution in [0.3, 0.4) is 0 Å². The maximum absolute atomic E-state index is 5.62. The molecule has 2 heteroatoms. The van der Waals surface area contributed by atoms with Gasteiger partial charge in [0.25, 0.3) is 0 Å². The molecule has 0 saturated carbocycles. The van der Waals surface area contributed by atoms with Crippen LogP contribution in [0.25, 0.3) is 0 Å². The molecule has 20 heavy (non-hydrogen) atoms. The van der Waals surface area contributed by atoms with Crippen LogP contribution >= 0.6 is 0 Å². The average molecular weight is 284 g/mol. The Bertz CT molecular complexity index is 182. The van der Waals surface area contributed by atoms with Crippen molar-refractivity contribution in [3.8, 4) is 0 Å². The van der Waals surface area contributed by atoms with Gasteiger partial charge in [-0.2, -0.15) is 0 Å². The second kappa shape index (κ2) is 13.9. The van der Waals surface area contributed by atoms with Crippen LogP contribution in [0, 0.1) is 0 Å². The molecule has 1 unspecified atom stereocenters. The summed E-state index contributed by atoms with van der Waals surface area (Å²) in [4.78, 5) is 11.0. The molecule has 1 rings (SSSR count). The highest BCUT2D eigenvalue weighted by atomic mass is 17.2. The van der Waals surface area contributed by atoms with E-state index >= 15 is 0 Å². The van der Waals surface area contributed by atoms with Crippen LogP contribution in [0.2, 0.25) is 0 Å². The van der Waals surface area contributed by atoms with Gasteiger partial charge in [0.15, 0.2) is 0 Å². The second-order valence-corrected chi connectivity index (χ2v) is 6.36. The maximum atomic E-state index is 5.62. The summed E-state index contributed by atoms with van der Waals surface area (Å²) in [6, 6.07) is 0. The lowest BCUT2D eigenvalue weighted by Gasteiger charge is -2.16. The highest BCUT2D eigenvalue weighted by molar-refractivity contribution is 4.59. The Labute approximate surface area is 126 Å². The van der Waals surface area contributed by atoms with Crippen molar-refractivity contribution >= 4 is 0 Å². The van der Waals surface area contributed by atoms with Crippen LogP contribution in [0.5, 0.6) is 0 Å². The lowest BCUT2D eigenvalue weighted by atomic mass is 10.0. The lowest BCUT2D eigenvalue weighted by molar-refractivity contribution is -0.326. The Morgan fingerprint density at radius 2 is 1.40 bits per heavy atom. The molecule has 0 aromatic rings. The van der Waals surface area contributed by atoms with Gasteiger partial charge in [0.1, 0.15) is 0 Å². The molecule has 120 valence electrons. The minimum atomic E-state index is 0.351. The van der Waals surface area contributed by atoms with Crippen molar-refractivity contribution < 1.29 is 9.78 Å². The van der Waals surface area contributed by atoms with Gasteiger partial charge in [0.2, 0.25) is 0 Å². The molecular formula is C18H36O2. The number of unbranched alkanes of at least 4 members (excludes halogenated alkanes) is 6. The summed E-state index contributed by atoms with van der Waals surface area (Å²) in [5.74, 6) is 0. The zero-order valence-corrected chi connectivity index (χ0v) is 13.7. The molecule has 1 aliphatic heterocycles. The summed E-state index contributed by atoms with van der Waals surface area (Å²) >= 11 is 0. The predicted molar refractivity (Wildman–Crippen MR) is 85.8 cm³/mol. The summed E-state index contributed by atoms with van der Waals surface area (Å²) in [5, 5.41) is 0. The predicted octanol–water partition coefficient (Wildman–Crippen LogP) is 6.19. The first kappa shape index (κ1) is 18.0. The third-order valence-corrected chi connectivity index (χ3v) is 4.34. The van der Waals surface area contributed by atoms with Crippen molar-refractivity contribution in [2.75, 3.05) is 6.61 Å². The van der Waals surface area contributed by atoms with E-state index in [9.17, 15) is 0 Å². The SMILES string of the molecule is CCCCCCCCCC1CCCCCCCCOO1. The van der Waals surface area contributed by atoms with E-state index in [4.69, 9.17) is 9.78 Å². The van der Waals surface area contributed by atoms with Gasteiger partial charge in [0.05, 0.1) is 12.7 Å². The van der Waals surface area contributed by atoms with Gasteiger partial charge in [-0.15, -0.1) is 0 Å². The topological polar surface area (TPSA) is 18.5 Å². The Hall–Kier alpha value is -0.0800. The highest BCUT2D eigenvalue weighted by Gasteiger charge is 2.11. The first-order valence-corrected chi connectivity index (χ1v) is 9.21. The molecule has 1 saturated heterocycles. The van der Waals surface area contributed by atoms with Gasteiger partial charge in [-0.05, 0) is 19.3 Å². The van der Waals surface area contributed by atoms with E-state index in [1.54, 1.807) is 0 Å². The maximum Gasteiger partial charge on any atom is 0.0930 e.